The SMILES string of the molecule is CC(=O)N1CCC(NC(C)CCC(C)C)CC1. The lowest BCUT2D eigenvalue weighted by Gasteiger charge is -2.33. The Morgan fingerprint density at radius 2 is 1.82 bits per heavy atom. The van der Waals surface area contributed by atoms with E-state index >= 15 is 0 Å². The average molecular weight is 240 g/mol. The van der Waals surface area contributed by atoms with E-state index in [2.05, 4.69) is 26.1 Å². The zero-order chi connectivity index (χ0) is 12.8. The second-order valence-electron chi connectivity index (χ2n) is 5.82. The highest BCUT2D eigenvalue weighted by Crippen LogP contribution is 2.13. The van der Waals surface area contributed by atoms with Crippen LogP contribution in [0, 0.1) is 5.92 Å². The summed E-state index contributed by atoms with van der Waals surface area (Å²) >= 11 is 0. The summed E-state index contributed by atoms with van der Waals surface area (Å²) < 4.78 is 0. The minimum absolute atomic E-state index is 0.219. The van der Waals surface area contributed by atoms with Gasteiger partial charge in [0.2, 0.25) is 5.91 Å². The van der Waals surface area contributed by atoms with Crippen LogP contribution in [-0.2, 0) is 4.79 Å². The Morgan fingerprint density at radius 1 is 1.24 bits per heavy atom. The van der Waals surface area contributed by atoms with Gasteiger partial charge < -0.3 is 10.2 Å². The van der Waals surface area contributed by atoms with Gasteiger partial charge in [0.05, 0.1) is 0 Å². The summed E-state index contributed by atoms with van der Waals surface area (Å²) in [6, 6.07) is 1.21. The van der Waals surface area contributed by atoms with Gasteiger partial charge in [0.15, 0.2) is 0 Å². The third-order valence-corrected chi connectivity index (χ3v) is 3.64. The molecule has 0 aromatic rings. The molecule has 1 heterocycles. The molecule has 17 heavy (non-hydrogen) atoms. The number of piperidine rings is 1. The molecule has 0 saturated carbocycles. The summed E-state index contributed by atoms with van der Waals surface area (Å²) in [6.07, 6.45) is 4.75. The van der Waals surface area contributed by atoms with Crippen molar-refractivity contribution in [3.63, 3.8) is 0 Å². The van der Waals surface area contributed by atoms with Crippen LogP contribution < -0.4 is 5.32 Å². The maximum absolute atomic E-state index is 11.2. The van der Waals surface area contributed by atoms with Gasteiger partial charge in [-0.1, -0.05) is 13.8 Å². The first-order valence-electron chi connectivity index (χ1n) is 7.00. The smallest absolute Gasteiger partial charge is 0.219 e. The fourth-order valence-corrected chi connectivity index (χ4v) is 2.43. The fraction of sp³-hybridized carbons (Fsp3) is 0.929. The molecule has 1 fully saturated rings. The minimum Gasteiger partial charge on any atom is -0.343 e. The molecule has 0 aliphatic carbocycles. The third-order valence-electron chi connectivity index (χ3n) is 3.64. The average Bonchev–Trinajstić information content (AvgIpc) is 2.27. The zero-order valence-corrected chi connectivity index (χ0v) is 11.8. The van der Waals surface area contributed by atoms with Gasteiger partial charge in [-0.05, 0) is 38.5 Å². The molecule has 100 valence electrons. The molecule has 1 atom stereocenters. The van der Waals surface area contributed by atoms with Gasteiger partial charge in [-0.3, -0.25) is 4.79 Å². The van der Waals surface area contributed by atoms with E-state index in [0.29, 0.717) is 12.1 Å². The first-order chi connectivity index (χ1) is 7.99. The van der Waals surface area contributed by atoms with Crippen molar-refractivity contribution in [2.24, 2.45) is 5.92 Å². The minimum atomic E-state index is 0.219. The topological polar surface area (TPSA) is 32.3 Å². The summed E-state index contributed by atoms with van der Waals surface area (Å²) in [5.41, 5.74) is 0. The number of nitrogens with one attached hydrogen (secondary N) is 1. The van der Waals surface area contributed by atoms with E-state index in [0.717, 1.165) is 31.8 Å². The molecule has 0 aromatic heterocycles. The van der Waals surface area contributed by atoms with Gasteiger partial charge >= 0.3 is 0 Å². The molecular formula is C14H28N2O. The van der Waals surface area contributed by atoms with Crippen molar-refractivity contribution in [3.05, 3.63) is 0 Å². The molecule has 1 saturated heterocycles. The van der Waals surface area contributed by atoms with Crippen molar-refractivity contribution in [2.75, 3.05) is 13.1 Å². The zero-order valence-electron chi connectivity index (χ0n) is 11.8. The number of likely N-dealkylation sites (tertiary alicyclic amines) is 1. The monoisotopic (exact) mass is 240 g/mol. The first-order valence-corrected chi connectivity index (χ1v) is 7.00. The molecule has 1 aliphatic heterocycles. The van der Waals surface area contributed by atoms with Gasteiger partial charge in [0.1, 0.15) is 0 Å². The number of hydrogen-bond acceptors (Lipinski definition) is 2. The molecule has 0 aromatic carbocycles. The van der Waals surface area contributed by atoms with Crippen molar-refractivity contribution in [1.29, 1.82) is 0 Å². The lowest BCUT2D eigenvalue weighted by atomic mass is 10.0. The van der Waals surface area contributed by atoms with Crippen molar-refractivity contribution in [3.8, 4) is 0 Å². The molecule has 1 rings (SSSR count). The lowest BCUT2D eigenvalue weighted by Crippen LogP contribution is -2.46. The van der Waals surface area contributed by atoms with Crippen molar-refractivity contribution >= 4 is 5.91 Å². The van der Waals surface area contributed by atoms with E-state index in [1.54, 1.807) is 6.92 Å². The van der Waals surface area contributed by atoms with Crippen LogP contribution in [0.25, 0.3) is 0 Å². The molecule has 0 radical (unpaired) electrons. The third kappa shape index (κ3) is 5.53. The molecule has 3 heteroatoms. The molecule has 1 N–H and O–H groups in total. The number of carbonyl (C=O) groups excluding carboxylic acids is 1. The quantitative estimate of drug-likeness (QED) is 0.800. The Morgan fingerprint density at radius 3 is 2.29 bits per heavy atom. The lowest BCUT2D eigenvalue weighted by molar-refractivity contribution is -0.129. The van der Waals surface area contributed by atoms with Gasteiger partial charge in [0, 0.05) is 32.1 Å². The molecule has 1 amide bonds. The predicted molar refractivity (Wildman–Crippen MR) is 71.9 cm³/mol. The molecule has 0 spiro atoms. The van der Waals surface area contributed by atoms with E-state index in [4.69, 9.17) is 0 Å². The maximum atomic E-state index is 11.2. The van der Waals surface area contributed by atoms with Crippen molar-refractivity contribution in [1.82, 2.24) is 10.2 Å². The van der Waals surface area contributed by atoms with Gasteiger partial charge in [-0.25, -0.2) is 0 Å². The largest absolute Gasteiger partial charge is 0.343 e. The maximum Gasteiger partial charge on any atom is 0.219 e. The second kappa shape index (κ2) is 7.00. The van der Waals surface area contributed by atoms with E-state index in [1.165, 1.54) is 12.8 Å². The van der Waals surface area contributed by atoms with E-state index in [1.807, 2.05) is 4.90 Å². The number of rotatable bonds is 5. The predicted octanol–water partition coefficient (Wildman–Crippen LogP) is 2.41. The Bertz CT molecular complexity index is 232. The van der Waals surface area contributed by atoms with Crippen LogP contribution in [0.15, 0.2) is 0 Å². The number of hydrogen-bond donors (Lipinski definition) is 1. The van der Waals surface area contributed by atoms with Gasteiger partial charge in [-0.2, -0.15) is 0 Å². The Labute approximate surface area is 106 Å². The number of carbonyl (C=O) groups is 1. The van der Waals surface area contributed by atoms with Crippen molar-refractivity contribution in [2.45, 2.75) is 65.5 Å². The van der Waals surface area contributed by atoms with E-state index < -0.39 is 0 Å². The summed E-state index contributed by atoms with van der Waals surface area (Å²) in [4.78, 5) is 13.2. The van der Waals surface area contributed by atoms with Crippen LogP contribution in [0.3, 0.4) is 0 Å². The van der Waals surface area contributed by atoms with Gasteiger partial charge in [0.25, 0.3) is 0 Å². The number of amides is 1. The Balaban J connectivity index is 2.19. The van der Waals surface area contributed by atoms with Crippen LogP contribution in [0.2, 0.25) is 0 Å². The summed E-state index contributed by atoms with van der Waals surface area (Å²) in [5, 5.41) is 3.70. The highest BCUT2D eigenvalue weighted by molar-refractivity contribution is 5.73. The molecule has 1 aliphatic rings. The van der Waals surface area contributed by atoms with Crippen LogP contribution in [-0.4, -0.2) is 36.0 Å². The molecule has 1 unspecified atom stereocenters. The summed E-state index contributed by atoms with van der Waals surface area (Å²) in [6.45, 7) is 10.3. The van der Waals surface area contributed by atoms with Crippen LogP contribution in [0.1, 0.15) is 53.4 Å². The standard InChI is InChI=1S/C14H28N2O/c1-11(2)5-6-12(3)15-14-7-9-16(10-8-14)13(4)17/h11-12,14-15H,5-10H2,1-4H3. The van der Waals surface area contributed by atoms with Crippen LogP contribution >= 0.6 is 0 Å². The molecule has 0 bridgehead atoms. The van der Waals surface area contributed by atoms with Crippen molar-refractivity contribution < 1.29 is 4.79 Å². The highest BCUT2D eigenvalue weighted by Gasteiger charge is 2.21. The Hall–Kier alpha value is -0.570. The van der Waals surface area contributed by atoms with E-state index in [-0.39, 0.29) is 5.91 Å². The van der Waals surface area contributed by atoms with Crippen LogP contribution in [0.4, 0.5) is 0 Å². The highest BCUT2D eigenvalue weighted by atomic mass is 16.2. The first kappa shape index (κ1) is 14.5. The van der Waals surface area contributed by atoms with Crippen LogP contribution in [0.5, 0.6) is 0 Å². The normalized spacial score (nSPS) is 19.7. The second-order valence-corrected chi connectivity index (χ2v) is 5.82. The molecule has 3 nitrogen and oxygen atoms in total. The Kier molecular flexibility index (Phi) is 5.96. The molecular weight excluding hydrogens is 212 g/mol. The van der Waals surface area contributed by atoms with E-state index in [9.17, 15) is 4.79 Å². The summed E-state index contributed by atoms with van der Waals surface area (Å²) in [7, 11) is 0. The van der Waals surface area contributed by atoms with Gasteiger partial charge in [-0.15, -0.1) is 0 Å². The fourth-order valence-electron chi connectivity index (χ4n) is 2.43. The number of nitrogens with zero attached hydrogens (tertiary/aromatic N) is 1. The summed E-state index contributed by atoms with van der Waals surface area (Å²) in [5.74, 6) is 1.01.